The zero-order chi connectivity index (χ0) is 24.0. The van der Waals surface area contributed by atoms with E-state index in [0.717, 1.165) is 37.7 Å². The second-order valence-electron chi connectivity index (χ2n) is 11.6. The third-order valence-corrected chi connectivity index (χ3v) is 9.20. The van der Waals surface area contributed by atoms with Crippen LogP contribution in [0.15, 0.2) is 23.3 Å². The molecule has 0 spiro atoms. The van der Waals surface area contributed by atoms with Crippen molar-refractivity contribution in [2.24, 2.45) is 23.2 Å². The van der Waals surface area contributed by atoms with Crippen molar-refractivity contribution < 1.29 is 28.5 Å². The van der Waals surface area contributed by atoms with Crippen LogP contribution in [0.3, 0.4) is 0 Å². The molecule has 1 unspecified atom stereocenters. The van der Waals surface area contributed by atoms with E-state index >= 15 is 0 Å². The normalized spacial score (nSPS) is 42.5. The van der Waals surface area contributed by atoms with Crippen LogP contribution in [0.5, 0.6) is 0 Å². The van der Waals surface area contributed by atoms with Crippen LogP contribution in [-0.2, 0) is 0 Å². The molecular weight excluding hydrogens is 431 g/mol. The van der Waals surface area contributed by atoms with Gasteiger partial charge < -0.3 is 15.3 Å². The highest BCUT2D eigenvalue weighted by molar-refractivity contribution is 5.26. The van der Waals surface area contributed by atoms with Crippen LogP contribution in [0.1, 0.15) is 71.6 Å². The Morgan fingerprint density at radius 2 is 1.82 bits per heavy atom. The number of hydrogen-bond donors (Lipinski definition) is 3. The number of halogens is 3. The van der Waals surface area contributed by atoms with Gasteiger partial charge in [-0.1, -0.05) is 37.1 Å². The smallest absolute Gasteiger partial charge is 0.393 e. The molecule has 0 bridgehead atoms. The molecule has 0 aromatic heterocycles. The molecule has 7 heteroatoms. The number of likely N-dealkylation sites (tertiary alicyclic amines) is 1. The maximum atomic E-state index is 13.2. The highest BCUT2D eigenvalue weighted by Crippen LogP contribution is 2.59. The van der Waals surface area contributed by atoms with Gasteiger partial charge in [0.15, 0.2) is 5.60 Å². The Labute approximate surface area is 195 Å². The van der Waals surface area contributed by atoms with Gasteiger partial charge in [0.2, 0.25) is 0 Å². The molecular formula is C26H40F3NO3. The first-order chi connectivity index (χ1) is 15.4. The zero-order valence-electron chi connectivity index (χ0n) is 19.9. The fraction of sp³-hybridized carbons (Fsp3) is 0.846. The number of aliphatic hydroxyl groups is 3. The van der Waals surface area contributed by atoms with Gasteiger partial charge in [-0.3, -0.25) is 4.90 Å². The molecule has 4 aliphatic rings. The minimum atomic E-state index is -4.57. The van der Waals surface area contributed by atoms with Crippen molar-refractivity contribution in [3.05, 3.63) is 23.3 Å². The van der Waals surface area contributed by atoms with Gasteiger partial charge in [-0.15, -0.1) is 0 Å². The summed E-state index contributed by atoms with van der Waals surface area (Å²) < 4.78 is 39.6. The summed E-state index contributed by atoms with van der Waals surface area (Å²) in [5.41, 5.74) is 0.139. The van der Waals surface area contributed by atoms with Crippen LogP contribution >= 0.6 is 0 Å². The molecule has 0 radical (unpaired) electrons. The van der Waals surface area contributed by atoms with Crippen molar-refractivity contribution >= 4 is 0 Å². The van der Waals surface area contributed by atoms with E-state index in [2.05, 4.69) is 26.0 Å². The first kappa shape index (κ1) is 25.2. The lowest BCUT2D eigenvalue weighted by Crippen LogP contribution is -2.48. The average molecular weight is 472 g/mol. The molecule has 0 aromatic rings. The van der Waals surface area contributed by atoms with E-state index in [9.17, 15) is 28.5 Å². The summed E-state index contributed by atoms with van der Waals surface area (Å²) in [5, 5.41) is 30.0. The molecule has 3 N–H and O–H groups in total. The van der Waals surface area contributed by atoms with Crippen molar-refractivity contribution in [3.8, 4) is 0 Å². The Kier molecular flexibility index (Phi) is 7.09. The molecule has 33 heavy (non-hydrogen) atoms. The van der Waals surface area contributed by atoms with Gasteiger partial charge >= 0.3 is 6.18 Å². The molecule has 0 aromatic carbocycles. The molecule has 4 nitrogen and oxygen atoms in total. The number of rotatable bonds is 4. The van der Waals surface area contributed by atoms with Crippen LogP contribution in [-0.4, -0.2) is 63.8 Å². The van der Waals surface area contributed by atoms with Crippen molar-refractivity contribution in [3.63, 3.8) is 0 Å². The largest absolute Gasteiger partial charge is 0.418 e. The number of hydrogen-bond acceptors (Lipinski definition) is 4. The van der Waals surface area contributed by atoms with Gasteiger partial charge in [-0.05, 0) is 81.0 Å². The fourth-order valence-electron chi connectivity index (χ4n) is 7.54. The van der Waals surface area contributed by atoms with Crippen molar-refractivity contribution in [2.75, 3.05) is 19.6 Å². The number of alkyl halides is 3. The van der Waals surface area contributed by atoms with Gasteiger partial charge in [0.05, 0.1) is 12.2 Å². The summed E-state index contributed by atoms with van der Waals surface area (Å²) in [7, 11) is 0. The van der Waals surface area contributed by atoms with Crippen LogP contribution in [0.2, 0.25) is 0 Å². The van der Waals surface area contributed by atoms with Gasteiger partial charge in [0.25, 0.3) is 0 Å². The second kappa shape index (κ2) is 9.29. The van der Waals surface area contributed by atoms with E-state index in [4.69, 9.17) is 0 Å². The van der Waals surface area contributed by atoms with E-state index in [1.165, 1.54) is 5.57 Å². The predicted octanol–water partition coefficient (Wildman–Crippen LogP) is 4.60. The first-order valence-electron chi connectivity index (χ1n) is 12.7. The predicted molar refractivity (Wildman–Crippen MR) is 121 cm³/mol. The Morgan fingerprint density at radius 1 is 1.12 bits per heavy atom. The number of β-amino-alcohol motifs (C(OH)–C–C–N with tert-alkyl or cyclic N) is 1. The second-order valence-corrected chi connectivity index (χ2v) is 11.6. The minimum absolute atomic E-state index is 0.146. The first-order valence-corrected chi connectivity index (χ1v) is 12.7. The third kappa shape index (κ3) is 5.07. The fourth-order valence-corrected chi connectivity index (χ4v) is 7.54. The zero-order valence-corrected chi connectivity index (χ0v) is 19.9. The summed E-state index contributed by atoms with van der Waals surface area (Å²) in [6, 6.07) is 0. The van der Waals surface area contributed by atoms with E-state index < -0.39 is 24.0 Å². The lowest BCUT2D eigenvalue weighted by atomic mass is 9.61. The highest BCUT2D eigenvalue weighted by atomic mass is 19.4. The lowest BCUT2D eigenvalue weighted by molar-refractivity contribution is -0.254. The van der Waals surface area contributed by atoms with Crippen molar-refractivity contribution in [1.82, 2.24) is 4.90 Å². The molecule has 3 aliphatic carbocycles. The maximum absolute atomic E-state index is 13.2. The van der Waals surface area contributed by atoms with Crippen molar-refractivity contribution in [1.29, 1.82) is 0 Å². The van der Waals surface area contributed by atoms with Gasteiger partial charge in [0, 0.05) is 19.6 Å². The minimum Gasteiger partial charge on any atom is -0.393 e. The van der Waals surface area contributed by atoms with E-state index in [1.54, 1.807) is 4.90 Å². The lowest BCUT2D eigenvalue weighted by Gasteiger charge is -2.45. The maximum Gasteiger partial charge on any atom is 0.418 e. The average Bonchev–Trinajstić information content (AvgIpc) is 3.26. The molecule has 3 saturated carbocycles. The molecule has 1 aliphatic heterocycles. The van der Waals surface area contributed by atoms with Gasteiger partial charge in [-0.2, -0.15) is 13.2 Å². The van der Waals surface area contributed by atoms with Gasteiger partial charge in [-0.25, -0.2) is 0 Å². The SMILES string of the molecule is C[C@H](CN1CCC(O)(C(F)(F)F)C1)[C@H]1CC[C@H]2/C(=C/C=C3C[C@@H](O)C[C@H](O)C3)CCC[C@]12C. The topological polar surface area (TPSA) is 63.9 Å². The quantitative estimate of drug-likeness (QED) is 0.561. The van der Waals surface area contributed by atoms with Crippen molar-refractivity contribution in [2.45, 2.75) is 95.6 Å². The molecule has 1 saturated heterocycles. The van der Waals surface area contributed by atoms with E-state index in [-0.39, 0.29) is 24.3 Å². The molecule has 0 amide bonds. The number of fused-ring (bicyclic) bond motifs is 1. The summed E-state index contributed by atoms with van der Waals surface area (Å²) in [5.74, 6) is 1.22. The highest BCUT2D eigenvalue weighted by Gasteiger charge is 2.57. The Hall–Kier alpha value is -0.890. The molecule has 4 rings (SSSR count). The van der Waals surface area contributed by atoms with Crippen LogP contribution in [0, 0.1) is 23.2 Å². The number of nitrogens with zero attached hydrogens (tertiary/aromatic N) is 1. The summed E-state index contributed by atoms with van der Waals surface area (Å²) in [6.45, 7) is 5.13. The monoisotopic (exact) mass is 471 g/mol. The Morgan fingerprint density at radius 3 is 2.45 bits per heavy atom. The van der Waals surface area contributed by atoms with Crippen LogP contribution in [0.25, 0.3) is 0 Å². The molecule has 188 valence electrons. The number of aliphatic hydroxyl groups excluding tert-OH is 2. The van der Waals surface area contributed by atoms with Crippen LogP contribution in [0.4, 0.5) is 13.2 Å². The standard InChI is InChI=1S/C26H40F3NO3/c1-17(15-30-11-10-25(33,16-30)26(27,28)29)22-7-8-23-19(4-3-9-24(22,23)2)6-5-18-12-20(31)14-21(32)13-18/h5-6,17,20-23,31-33H,3-4,7-16H2,1-2H3/b19-6+/t17-,20-,21-,22-,23+,24-,25?/m1/s1. The number of allylic oxidation sites excluding steroid dienone is 3. The van der Waals surface area contributed by atoms with Gasteiger partial charge in [0.1, 0.15) is 0 Å². The molecule has 4 fully saturated rings. The van der Waals surface area contributed by atoms with E-state index in [1.807, 2.05) is 0 Å². The summed E-state index contributed by atoms with van der Waals surface area (Å²) in [6.07, 6.45) is 5.85. The summed E-state index contributed by atoms with van der Waals surface area (Å²) in [4.78, 5) is 1.80. The Balaban J connectivity index is 1.42. The van der Waals surface area contributed by atoms with Crippen LogP contribution < -0.4 is 0 Å². The summed E-state index contributed by atoms with van der Waals surface area (Å²) >= 11 is 0. The van der Waals surface area contributed by atoms with E-state index in [0.29, 0.717) is 44.2 Å². The molecule has 1 heterocycles. The molecule has 7 atom stereocenters. The third-order valence-electron chi connectivity index (χ3n) is 9.20. The Bertz CT molecular complexity index is 769.